The lowest BCUT2D eigenvalue weighted by molar-refractivity contribution is -0.385. The van der Waals surface area contributed by atoms with Crippen molar-refractivity contribution in [3.05, 3.63) is 81.6 Å². The van der Waals surface area contributed by atoms with E-state index in [0.29, 0.717) is 11.3 Å². The van der Waals surface area contributed by atoms with Gasteiger partial charge in [0.1, 0.15) is 5.75 Å². The molecule has 0 bridgehead atoms. The zero-order valence-corrected chi connectivity index (χ0v) is 15.1. The summed E-state index contributed by atoms with van der Waals surface area (Å²) in [4.78, 5) is 26.7. The van der Waals surface area contributed by atoms with Crippen LogP contribution in [-0.4, -0.2) is 31.0 Å². The van der Waals surface area contributed by atoms with Crippen molar-refractivity contribution in [3.8, 4) is 11.5 Å². The van der Waals surface area contributed by atoms with Crippen LogP contribution in [0.3, 0.4) is 0 Å². The Kier molecular flexibility index (Phi) is 5.50. The second-order valence-electron chi connectivity index (χ2n) is 5.60. The standard InChI is InChI=1S/C20H16N2O6/c1-26-17-9-4-3-6-13(17)7-5-8-15-20(23)28-19(21-15)14-10-11-18(27-2)16(12-14)22(24)25/h3-12H,1-2H3. The van der Waals surface area contributed by atoms with Crippen molar-refractivity contribution < 1.29 is 23.9 Å². The Balaban J connectivity index is 1.87. The molecule has 0 atom stereocenters. The Labute approximate surface area is 160 Å². The molecule has 0 aromatic heterocycles. The van der Waals surface area contributed by atoms with Crippen LogP contribution in [0.25, 0.3) is 6.08 Å². The van der Waals surface area contributed by atoms with E-state index >= 15 is 0 Å². The number of para-hydroxylation sites is 1. The minimum Gasteiger partial charge on any atom is -0.496 e. The van der Waals surface area contributed by atoms with Gasteiger partial charge in [-0.3, -0.25) is 10.1 Å². The lowest BCUT2D eigenvalue weighted by Crippen LogP contribution is -2.06. The van der Waals surface area contributed by atoms with E-state index in [-0.39, 0.29) is 23.0 Å². The molecule has 0 radical (unpaired) electrons. The molecule has 8 nitrogen and oxygen atoms in total. The highest BCUT2D eigenvalue weighted by Crippen LogP contribution is 2.29. The van der Waals surface area contributed by atoms with E-state index < -0.39 is 10.9 Å². The van der Waals surface area contributed by atoms with Gasteiger partial charge in [0, 0.05) is 17.2 Å². The average Bonchev–Trinajstić information content (AvgIpc) is 3.08. The van der Waals surface area contributed by atoms with Crippen molar-refractivity contribution in [3.63, 3.8) is 0 Å². The highest BCUT2D eigenvalue weighted by molar-refractivity contribution is 6.11. The van der Waals surface area contributed by atoms with Gasteiger partial charge in [-0.05, 0) is 24.3 Å². The van der Waals surface area contributed by atoms with Gasteiger partial charge in [-0.1, -0.05) is 30.4 Å². The number of nitro groups is 1. The summed E-state index contributed by atoms with van der Waals surface area (Å²) < 4.78 is 15.4. The smallest absolute Gasteiger partial charge is 0.363 e. The number of cyclic esters (lactones) is 1. The van der Waals surface area contributed by atoms with Crippen LogP contribution >= 0.6 is 0 Å². The Morgan fingerprint density at radius 3 is 2.57 bits per heavy atom. The molecule has 0 spiro atoms. The normalized spacial score (nSPS) is 14.9. The number of benzene rings is 2. The number of aliphatic imine (C=N–C) groups is 1. The Bertz CT molecular complexity index is 1020. The maximum absolute atomic E-state index is 12.0. The predicted octanol–water partition coefficient (Wildman–Crippen LogP) is 3.51. The van der Waals surface area contributed by atoms with Gasteiger partial charge in [0.15, 0.2) is 11.4 Å². The van der Waals surface area contributed by atoms with Crippen LogP contribution in [0.4, 0.5) is 5.69 Å². The molecule has 8 heteroatoms. The van der Waals surface area contributed by atoms with Gasteiger partial charge < -0.3 is 14.2 Å². The topological polar surface area (TPSA) is 100 Å². The first-order valence-corrected chi connectivity index (χ1v) is 8.18. The molecule has 0 amide bonds. The third-order valence-corrected chi connectivity index (χ3v) is 3.91. The van der Waals surface area contributed by atoms with Crippen LogP contribution in [0, 0.1) is 10.1 Å². The second kappa shape index (κ2) is 8.17. The molecule has 1 aliphatic rings. The van der Waals surface area contributed by atoms with E-state index in [0.717, 1.165) is 5.56 Å². The zero-order chi connectivity index (χ0) is 20.1. The van der Waals surface area contributed by atoms with Crippen molar-refractivity contribution in [2.45, 2.75) is 0 Å². The van der Waals surface area contributed by atoms with Crippen LogP contribution in [-0.2, 0) is 9.53 Å². The first kappa shape index (κ1) is 18.8. The number of allylic oxidation sites excluding steroid dienone is 2. The Morgan fingerprint density at radius 1 is 1.11 bits per heavy atom. The summed E-state index contributed by atoms with van der Waals surface area (Å²) in [7, 11) is 2.91. The minimum atomic E-state index is -0.641. The van der Waals surface area contributed by atoms with E-state index in [1.807, 2.05) is 24.3 Å². The monoisotopic (exact) mass is 380 g/mol. The Morgan fingerprint density at radius 2 is 1.86 bits per heavy atom. The summed E-state index contributed by atoms with van der Waals surface area (Å²) in [5.74, 6) is 0.154. The molecule has 3 rings (SSSR count). The number of hydrogen-bond acceptors (Lipinski definition) is 7. The largest absolute Gasteiger partial charge is 0.496 e. The van der Waals surface area contributed by atoms with Gasteiger partial charge in [0.25, 0.3) is 0 Å². The van der Waals surface area contributed by atoms with E-state index in [4.69, 9.17) is 14.2 Å². The fourth-order valence-electron chi connectivity index (χ4n) is 2.56. The molecule has 0 N–H and O–H groups in total. The summed E-state index contributed by atoms with van der Waals surface area (Å²) in [6.45, 7) is 0. The molecule has 0 aliphatic carbocycles. The lowest BCUT2D eigenvalue weighted by Gasteiger charge is -2.03. The van der Waals surface area contributed by atoms with Crippen molar-refractivity contribution in [2.75, 3.05) is 14.2 Å². The van der Waals surface area contributed by atoms with Crippen molar-refractivity contribution in [1.82, 2.24) is 0 Å². The maximum atomic E-state index is 12.0. The van der Waals surface area contributed by atoms with Crippen molar-refractivity contribution in [2.24, 2.45) is 4.99 Å². The first-order chi connectivity index (χ1) is 13.5. The van der Waals surface area contributed by atoms with Crippen LogP contribution in [0.1, 0.15) is 11.1 Å². The molecule has 0 saturated carbocycles. The highest BCUT2D eigenvalue weighted by Gasteiger charge is 2.26. The van der Waals surface area contributed by atoms with E-state index in [1.165, 1.54) is 31.4 Å². The van der Waals surface area contributed by atoms with Crippen molar-refractivity contribution >= 4 is 23.6 Å². The number of carbonyl (C=O) groups is 1. The van der Waals surface area contributed by atoms with Crippen LogP contribution in [0.15, 0.2) is 65.3 Å². The quantitative estimate of drug-likeness (QED) is 0.329. The van der Waals surface area contributed by atoms with Gasteiger partial charge >= 0.3 is 11.7 Å². The van der Waals surface area contributed by atoms with Crippen LogP contribution in [0.5, 0.6) is 11.5 Å². The van der Waals surface area contributed by atoms with Gasteiger partial charge in [0.2, 0.25) is 5.90 Å². The van der Waals surface area contributed by atoms with E-state index in [2.05, 4.69) is 4.99 Å². The minimum absolute atomic E-state index is 0.00676. The van der Waals surface area contributed by atoms with Gasteiger partial charge in [-0.15, -0.1) is 0 Å². The summed E-state index contributed by atoms with van der Waals surface area (Å²) in [5, 5.41) is 11.2. The fraction of sp³-hybridized carbons (Fsp3) is 0.100. The molecule has 2 aromatic carbocycles. The molecular formula is C20H16N2O6. The number of methoxy groups -OCH3 is 2. The van der Waals surface area contributed by atoms with Crippen LogP contribution in [0.2, 0.25) is 0 Å². The molecule has 0 saturated heterocycles. The molecule has 0 unspecified atom stereocenters. The molecule has 1 heterocycles. The SMILES string of the molecule is COc1ccccc1C=CC=C1N=C(c2ccc(OC)c([N+](=O)[O-])c2)OC1=O. The predicted molar refractivity (Wildman–Crippen MR) is 102 cm³/mol. The number of nitrogens with zero attached hydrogens (tertiary/aromatic N) is 2. The van der Waals surface area contributed by atoms with Gasteiger partial charge in [-0.2, -0.15) is 0 Å². The number of hydrogen-bond donors (Lipinski definition) is 0. The maximum Gasteiger partial charge on any atom is 0.363 e. The fourth-order valence-corrected chi connectivity index (χ4v) is 2.56. The second-order valence-corrected chi connectivity index (χ2v) is 5.60. The van der Waals surface area contributed by atoms with E-state index in [9.17, 15) is 14.9 Å². The Hall–Kier alpha value is -3.94. The van der Waals surface area contributed by atoms with E-state index in [1.54, 1.807) is 19.3 Å². The summed E-state index contributed by atoms with van der Waals surface area (Å²) in [6, 6.07) is 11.6. The summed E-state index contributed by atoms with van der Waals surface area (Å²) in [6.07, 6.45) is 4.92. The van der Waals surface area contributed by atoms with Crippen LogP contribution < -0.4 is 9.47 Å². The third kappa shape index (κ3) is 3.90. The molecule has 28 heavy (non-hydrogen) atoms. The van der Waals surface area contributed by atoms with Gasteiger partial charge in [0.05, 0.1) is 19.1 Å². The molecule has 1 aliphatic heterocycles. The zero-order valence-electron chi connectivity index (χ0n) is 15.1. The summed E-state index contributed by atoms with van der Waals surface area (Å²) >= 11 is 0. The third-order valence-electron chi connectivity index (χ3n) is 3.91. The first-order valence-electron chi connectivity index (χ1n) is 8.18. The van der Waals surface area contributed by atoms with Gasteiger partial charge in [-0.25, -0.2) is 9.79 Å². The van der Waals surface area contributed by atoms with Crippen molar-refractivity contribution in [1.29, 1.82) is 0 Å². The highest BCUT2D eigenvalue weighted by atomic mass is 16.6. The number of nitro benzene ring substituents is 1. The lowest BCUT2D eigenvalue weighted by atomic mass is 10.2. The number of carbonyl (C=O) groups excluding carboxylic acids is 1. The number of esters is 1. The molecular weight excluding hydrogens is 364 g/mol. The number of rotatable bonds is 6. The molecule has 0 fully saturated rings. The molecule has 2 aromatic rings. The average molecular weight is 380 g/mol. The summed E-state index contributed by atoms with van der Waals surface area (Å²) in [5.41, 5.74) is 0.980. The molecule has 142 valence electrons. The number of ether oxygens (including phenoxy) is 3.